The Balaban J connectivity index is 1.41. The van der Waals surface area contributed by atoms with Gasteiger partial charge in [0.05, 0.1) is 5.56 Å². The number of carbonyl (C=O) groups is 1. The first-order valence-electron chi connectivity index (χ1n) is 8.40. The number of piperazine rings is 1. The Labute approximate surface area is 141 Å². The van der Waals surface area contributed by atoms with Crippen molar-refractivity contribution in [3.05, 3.63) is 60.0 Å². The van der Waals surface area contributed by atoms with Gasteiger partial charge in [-0.1, -0.05) is 18.2 Å². The Bertz CT molecular complexity index is 669. The van der Waals surface area contributed by atoms with Gasteiger partial charge in [0.2, 0.25) is 0 Å². The quantitative estimate of drug-likeness (QED) is 0.764. The summed E-state index contributed by atoms with van der Waals surface area (Å²) in [7, 11) is 0. The number of aromatic nitrogens is 1. The Morgan fingerprint density at radius 1 is 1.04 bits per heavy atom. The first-order chi connectivity index (χ1) is 11.7. The van der Waals surface area contributed by atoms with Gasteiger partial charge in [0.15, 0.2) is 5.78 Å². The molecule has 3 rings (SSSR count). The van der Waals surface area contributed by atoms with E-state index in [1.807, 2.05) is 24.4 Å². The van der Waals surface area contributed by atoms with Crippen molar-refractivity contribution in [2.24, 2.45) is 0 Å². The minimum Gasteiger partial charge on any atom is -0.354 e. The van der Waals surface area contributed by atoms with Gasteiger partial charge in [-0.2, -0.15) is 0 Å². The highest BCUT2D eigenvalue weighted by Crippen LogP contribution is 2.14. The Kier molecular flexibility index (Phi) is 5.54. The number of hydrogen-bond acceptors (Lipinski definition) is 4. The van der Waals surface area contributed by atoms with E-state index in [1.54, 1.807) is 18.2 Å². The summed E-state index contributed by atoms with van der Waals surface area (Å²) < 4.78 is 13.6. The van der Waals surface area contributed by atoms with Crippen LogP contribution in [0.25, 0.3) is 0 Å². The number of hydrogen-bond donors (Lipinski definition) is 0. The van der Waals surface area contributed by atoms with Gasteiger partial charge in [0.1, 0.15) is 11.6 Å². The second-order valence-electron chi connectivity index (χ2n) is 6.02. The average Bonchev–Trinajstić information content (AvgIpc) is 2.63. The van der Waals surface area contributed by atoms with E-state index in [0.29, 0.717) is 6.42 Å². The number of carbonyl (C=O) groups excluding carboxylic acids is 1. The summed E-state index contributed by atoms with van der Waals surface area (Å²) in [6.45, 7) is 4.68. The predicted octanol–water partition coefficient (Wildman–Crippen LogP) is 3.01. The van der Waals surface area contributed by atoms with E-state index in [4.69, 9.17) is 0 Å². The van der Waals surface area contributed by atoms with Crippen molar-refractivity contribution >= 4 is 11.6 Å². The van der Waals surface area contributed by atoms with Crippen molar-refractivity contribution in [3.8, 4) is 0 Å². The number of anilines is 1. The van der Waals surface area contributed by atoms with E-state index in [1.165, 1.54) is 6.07 Å². The molecule has 1 aliphatic rings. The lowest BCUT2D eigenvalue weighted by Gasteiger charge is -2.35. The Morgan fingerprint density at radius 2 is 1.79 bits per heavy atom. The number of benzene rings is 1. The molecule has 4 nitrogen and oxygen atoms in total. The minimum atomic E-state index is -0.425. The molecule has 0 atom stereocenters. The largest absolute Gasteiger partial charge is 0.354 e. The number of pyridine rings is 1. The number of Topliss-reactive ketones (excluding diaryl/α,β-unsaturated/α-hetero) is 1. The molecule has 1 fully saturated rings. The zero-order valence-corrected chi connectivity index (χ0v) is 13.7. The standard InChI is InChI=1S/C19H22FN3O/c20-17-7-2-1-6-16(17)18(24)8-5-11-22-12-14-23(15-13-22)19-9-3-4-10-21-19/h1-4,6-7,9-10H,5,8,11-15H2. The van der Waals surface area contributed by atoms with Crippen LogP contribution in [0.15, 0.2) is 48.7 Å². The van der Waals surface area contributed by atoms with Gasteiger partial charge >= 0.3 is 0 Å². The van der Waals surface area contributed by atoms with Crippen molar-refractivity contribution in [2.45, 2.75) is 12.8 Å². The highest BCUT2D eigenvalue weighted by molar-refractivity contribution is 5.96. The van der Waals surface area contributed by atoms with Crippen molar-refractivity contribution in [3.63, 3.8) is 0 Å². The molecular weight excluding hydrogens is 305 g/mol. The van der Waals surface area contributed by atoms with Gasteiger partial charge < -0.3 is 4.90 Å². The maximum Gasteiger partial charge on any atom is 0.165 e. The summed E-state index contributed by atoms with van der Waals surface area (Å²) >= 11 is 0. The van der Waals surface area contributed by atoms with Crippen LogP contribution in [0.2, 0.25) is 0 Å². The van der Waals surface area contributed by atoms with Crippen LogP contribution in [0.5, 0.6) is 0 Å². The summed E-state index contributed by atoms with van der Waals surface area (Å²) in [5, 5.41) is 0. The normalized spacial score (nSPS) is 15.5. The first kappa shape index (κ1) is 16.6. The van der Waals surface area contributed by atoms with E-state index in [0.717, 1.165) is 45.0 Å². The summed E-state index contributed by atoms with van der Waals surface area (Å²) in [5.41, 5.74) is 0.206. The highest BCUT2D eigenvalue weighted by atomic mass is 19.1. The number of nitrogens with zero attached hydrogens (tertiary/aromatic N) is 3. The van der Waals surface area contributed by atoms with Crippen LogP contribution in [0.1, 0.15) is 23.2 Å². The second-order valence-corrected chi connectivity index (χ2v) is 6.02. The molecule has 2 heterocycles. The molecule has 1 aromatic carbocycles. The van der Waals surface area contributed by atoms with Gasteiger partial charge in [-0.3, -0.25) is 9.69 Å². The zero-order chi connectivity index (χ0) is 16.8. The zero-order valence-electron chi connectivity index (χ0n) is 13.7. The van der Waals surface area contributed by atoms with E-state index in [9.17, 15) is 9.18 Å². The molecule has 1 aromatic heterocycles. The summed E-state index contributed by atoms with van der Waals surface area (Å²) in [6, 6.07) is 12.2. The maximum absolute atomic E-state index is 13.6. The fraction of sp³-hybridized carbons (Fsp3) is 0.368. The van der Waals surface area contributed by atoms with Crippen molar-refractivity contribution in [1.29, 1.82) is 0 Å². The van der Waals surface area contributed by atoms with Crippen molar-refractivity contribution in [2.75, 3.05) is 37.6 Å². The molecule has 24 heavy (non-hydrogen) atoms. The molecule has 126 valence electrons. The molecule has 0 N–H and O–H groups in total. The fourth-order valence-corrected chi connectivity index (χ4v) is 3.03. The van der Waals surface area contributed by atoms with Crippen LogP contribution >= 0.6 is 0 Å². The van der Waals surface area contributed by atoms with Crippen LogP contribution in [0, 0.1) is 5.82 Å². The third kappa shape index (κ3) is 4.17. The lowest BCUT2D eigenvalue weighted by atomic mass is 10.1. The Hall–Kier alpha value is -2.27. The number of ketones is 1. The van der Waals surface area contributed by atoms with Gasteiger partial charge in [-0.15, -0.1) is 0 Å². The van der Waals surface area contributed by atoms with Crippen LogP contribution in [0.3, 0.4) is 0 Å². The van der Waals surface area contributed by atoms with Gasteiger partial charge in [0, 0.05) is 38.8 Å². The number of halogens is 1. The SMILES string of the molecule is O=C(CCCN1CCN(c2ccccn2)CC1)c1ccccc1F. The van der Waals surface area contributed by atoms with Crippen molar-refractivity contribution in [1.82, 2.24) is 9.88 Å². The molecule has 0 saturated carbocycles. The van der Waals surface area contributed by atoms with Gasteiger partial charge in [0.25, 0.3) is 0 Å². The molecular formula is C19H22FN3O. The minimum absolute atomic E-state index is 0.111. The third-order valence-electron chi connectivity index (χ3n) is 4.40. The molecule has 0 radical (unpaired) electrons. The summed E-state index contributed by atoms with van der Waals surface area (Å²) in [4.78, 5) is 21.1. The molecule has 1 saturated heterocycles. The molecule has 0 unspecified atom stereocenters. The molecule has 0 aliphatic carbocycles. The molecule has 2 aromatic rings. The smallest absolute Gasteiger partial charge is 0.165 e. The van der Waals surface area contributed by atoms with Crippen molar-refractivity contribution < 1.29 is 9.18 Å². The van der Waals surface area contributed by atoms with Crippen LogP contribution < -0.4 is 4.90 Å². The molecule has 5 heteroatoms. The monoisotopic (exact) mass is 327 g/mol. The summed E-state index contributed by atoms with van der Waals surface area (Å²) in [6.07, 6.45) is 2.97. The lowest BCUT2D eigenvalue weighted by molar-refractivity contribution is 0.0970. The molecule has 0 amide bonds. The van der Waals surface area contributed by atoms with Gasteiger partial charge in [-0.25, -0.2) is 9.37 Å². The van der Waals surface area contributed by atoms with Crippen LogP contribution in [-0.2, 0) is 0 Å². The lowest BCUT2D eigenvalue weighted by Crippen LogP contribution is -2.46. The third-order valence-corrected chi connectivity index (χ3v) is 4.40. The predicted molar refractivity (Wildman–Crippen MR) is 92.9 cm³/mol. The second kappa shape index (κ2) is 8.02. The first-order valence-corrected chi connectivity index (χ1v) is 8.40. The Morgan fingerprint density at radius 3 is 2.50 bits per heavy atom. The molecule has 0 bridgehead atoms. The molecule has 0 spiro atoms. The van der Waals surface area contributed by atoms with E-state index < -0.39 is 5.82 Å². The number of rotatable bonds is 6. The van der Waals surface area contributed by atoms with E-state index >= 15 is 0 Å². The van der Waals surface area contributed by atoms with Gasteiger partial charge in [-0.05, 0) is 37.2 Å². The summed E-state index contributed by atoms with van der Waals surface area (Å²) in [5.74, 6) is 0.485. The van der Waals surface area contributed by atoms with Crippen LogP contribution in [0.4, 0.5) is 10.2 Å². The maximum atomic E-state index is 13.6. The topological polar surface area (TPSA) is 36.4 Å². The molecule has 1 aliphatic heterocycles. The average molecular weight is 327 g/mol. The van der Waals surface area contributed by atoms with E-state index in [2.05, 4.69) is 14.8 Å². The van der Waals surface area contributed by atoms with E-state index in [-0.39, 0.29) is 11.3 Å². The van der Waals surface area contributed by atoms with Crippen LogP contribution in [-0.4, -0.2) is 48.4 Å². The fourth-order valence-electron chi connectivity index (χ4n) is 3.03. The highest BCUT2D eigenvalue weighted by Gasteiger charge is 2.18.